The summed E-state index contributed by atoms with van der Waals surface area (Å²) >= 11 is 0. The van der Waals surface area contributed by atoms with Crippen molar-refractivity contribution in [1.29, 1.82) is 1.43 Å². The number of aliphatic hydroxyl groups is 1. The lowest BCUT2D eigenvalue weighted by atomic mass is 9.49. The van der Waals surface area contributed by atoms with E-state index in [9.17, 15) is 6.17 Å². The molecule has 1 saturated heterocycles. The molecule has 122 valence electrons. The van der Waals surface area contributed by atoms with Gasteiger partial charge in [-0.25, -0.2) is 0 Å². The van der Waals surface area contributed by atoms with Crippen molar-refractivity contribution in [3.05, 3.63) is 23.2 Å². The van der Waals surface area contributed by atoms with Gasteiger partial charge in [0.2, 0.25) is 1.43 Å². The molecule has 2 bridgehead atoms. The van der Waals surface area contributed by atoms with Crippen molar-refractivity contribution in [3.8, 4) is 11.5 Å². The van der Waals surface area contributed by atoms with Gasteiger partial charge in [-0.05, 0) is 44.4 Å². The minimum absolute atomic E-state index is 0.107. The molecule has 5 heteroatoms. The van der Waals surface area contributed by atoms with Crippen LogP contribution in [-0.4, -0.2) is 55.6 Å². The van der Waals surface area contributed by atoms with Crippen LogP contribution in [0.15, 0.2) is 12.1 Å². The van der Waals surface area contributed by atoms with Crippen LogP contribution >= 0.6 is 0 Å². The summed E-state index contributed by atoms with van der Waals surface area (Å²) < 4.78 is 102. The Balaban J connectivity index is 2.00. The number of carbonyl (C=O) groups is 1. The van der Waals surface area contributed by atoms with Crippen molar-refractivity contribution in [1.82, 2.24) is 4.90 Å². The van der Waals surface area contributed by atoms with E-state index in [1.165, 1.54) is 11.9 Å². The Kier molecular flexibility index (Phi) is 1.19. The lowest BCUT2D eigenvalue weighted by Gasteiger charge is -2.62. The number of benzene rings is 1. The fourth-order valence-electron chi connectivity index (χ4n) is 4.51. The van der Waals surface area contributed by atoms with Gasteiger partial charge >= 0.3 is 0 Å². The highest BCUT2D eigenvalue weighted by molar-refractivity contribution is 5.90. The first-order chi connectivity index (χ1) is 15.4. The maximum atomic E-state index is 13.4. The molecular weight excluding hydrogens is 294 g/mol. The summed E-state index contributed by atoms with van der Waals surface area (Å²) in [5, 5.41) is 5.18. The fraction of sp³-hybridized carbons (Fsp3) is 0.611. The van der Waals surface area contributed by atoms with Gasteiger partial charge in [-0.15, -0.1) is 0 Å². The number of piperidine rings is 1. The minimum Gasteiger partial charge on any atom is -0.493 e. The number of Topliss-reactive ketones (excluding diaryl/α,β-unsaturated/α-hetero) is 1. The second kappa shape index (κ2) is 4.08. The molecule has 5 nitrogen and oxygen atoms in total. The Morgan fingerprint density at radius 1 is 1.65 bits per heavy atom. The monoisotopic (exact) mass is 326 g/mol. The third-order valence-corrected chi connectivity index (χ3v) is 5.55. The van der Waals surface area contributed by atoms with Crippen LogP contribution < -0.4 is 9.47 Å². The number of ether oxygens (including phenoxy) is 2. The van der Waals surface area contributed by atoms with E-state index in [4.69, 9.17) is 28.4 Å². The summed E-state index contributed by atoms with van der Waals surface area (Å²) in [6.45, 7) is 0.111. The molecule has 2 aliphatic heterocycles. The Morgan fingerprint density at radius 3 is 3.39 bits per heavy atom. The van der Waals surface area contributed by atoms with Crippen molar-refractivity contribution in [2.75, 3.05) is 20.6 Å². The van der Waals surface area contributed by atoms with E-state index in [0.717, 1.165) is 0 Å². The molecule has 1 aromatic carbocycles. The van der Waals surface area contributed by atoms with E-state index in [0.29, 0.717) is 0 Å². The quantitative estimate of drug-likeness (QED) is 0.880. The Bertz CT molecular complexity index is 1140. The van der Waals surface area contributed by atoms with Gasteiger partial charge in [0.1, 0.15) is 0 Å². The molecule has 1 N–H and O–H groups in total. The SMILES string of the molecule is [2H]O[C@@]12CC([2H])([2H])C(=O)C3([2H])Oc4c(OC([2H])([2H])[2H])c([2H])c([2H])c5c4[C@@]31CCN(C)[C@@H]2C5([2H])[2H]. The summed E-state index contributed by atoms with van der Waals surface area (Å²) in [7, 11) is -1.58. The van der Waals surface area contributed by atoms with Gasteiger partial charge < -0.3 is 19.5 Å². The minimum atomic E-state index is -3.11. The summed E-state index contributed by atoms with van der Waals surface area (Å²) in [5.74, 6) is -2.63. The number of ketones is 1. The lowest BCUT2D eigenvalue weighted by Crippen LogP contribution is -2.76. The van der Waals surface area contributed by atoms with Crippen molar-refractivity contribution in [2.45, 2.75) is 48.7 Å². The third-order valence-electron chi connectivity index (χ3n) is 5.55. The molecule has 1 spiro atoms. The average molecular weight is 326 g/mol. The molecule has 1 unspecified atom stereocenters. The van der Waals surface area contributed by atoms with E-state index in [2.05, 4.69) is 0 Å². The summed E-state index contributed by atoms with van der Waals surface area (Å²) in [5.41, 5.74) is -4.67. The number of hydrogen-bond donors (Lipinski definition) is 1. The van der Waals surface area contributed by atoms with Crippen LogP contribution in [0, 0.1) is 0 Å². The maximum Gasteiger partial charge on any atom is 0.211 e. The van der Waals surface area contributed by atoms with Crippen LogP contribution in [0.5, 0.6) is 11.5 Å². The van der Waals surface area contributed by atoms with Crippen LogP contribution in [0.25, 0.3) is 0 Å². The molecule has 0 aromatic heterocycles. The van der Waals surface area contributed by atoms with Gasteiger partial charge in [0.15, 0.2) is 23.4 Å². The molecule has 4 aliphatic rings. The van der Waals surface area contributed by atoms with Crippen LogP contribution in [0.3, 0.4) is 0 Å². The lowest BCUT2D eigenvalue weighted by molar-refractivity contribution is -0.185. The molecule has 4 atom stereocenters. The molecule has 0 amide bonds. The van der Waals surface area contributed by atoms with Gasteiger partial charge in [0.05, 0.1) is 26.3 Å². The maximum absolute atomic E-state index is 13.4. The van der Waals surface area contributed by atoms with Gasteiger partial charge in [0.25, 0.3) is 0 Å². The van der Waals surface area contributed by atoms with Crippen LogP contribution in [0.4, 0.5) is 0 Å². The van der Waals surface area contributed by atoms with Crippen LogP contribution in [0.2, 0.25) is 0 Å². The summed E-state index contributed by atoms with van der Waals surface area (Å²) in [6, 6.07) is -2.92. The van der Waals surface area contributed by atoms with E-state index in [1.54, 1.807) is 0 Å². The Morgan fingerprint density at radius 2 is 2.57 bits per heavy atom. The van der Waals surface area contributed by atoms with Crippen molar-refractivity contribution < 1.29 is 33.1 Å². The van der Waals surface area contributed by atoms with E-state index in [1.807, 2.05) is 0 Å². The highest BCUT2D eigenvalue weighted by atomic mass is 16.5. The number of nitrogens with zero attached hydrogens (tertiary/aromatic N) is 1. The summed E-state index contributed by atoms with van der Waals surface area (Å²) in [4.78, 5) is 14.9. The van der Waals surface area contributed by atoms with Crippen molar-refractivity contribution >= 4 is 5.78 Å². The average Bonchev–Trinajstić information content (AvgIpc) is 2.96. The molecule has 5 rings (SSSR count). The first kappa shape index (κ1) is 6.73. The Labute approximate surface area is 150 Å². The number of rotatable bonds is 2. The first-order valence-corrected chi connectivity index (χ1v) is 7.38. The second-order valence-corrected chi connectivity index (χ2v) is 6.45. The zero-order valence-corrected chi connectivity index (χ0v) is 12.3. The smallest absolute Gasteiger partial charge is 0.211 e. The molecule has 2 aliphatic carbocycles. The third kappa shape index (κ3) is 1.32. The molecule has 2 heterocycles. The zero-order chi connectivity index (χ0) is 25.4. The normalized spacial score (nSPS) is 55.6. The highest BCUT2D eigenvalue weighted by Crippen LogP contribution is 2.64. The molecule has 0 radical (unpaired) electrons. The van der Waals surface area contributed by atoms with Crippen molar-refractivity contribution in [2.24, 2.45) is 0 Å². The number of likely N-dealkylation sites (N-methyl/N-ethyl adjacent to an activating group) is 1. The van der Waals surface area contributed by atoms with Crippen LogP contribution in [0.1, 0.15) is 44.0 Å². The fourth-order valence-corrected chi connectivity index (χ4v) is 4.51. The number of likely N-dealkylation sites (tertiary alicyclic amines) is 1. The molecule has 23 heavy (non-hydrogen) atoms. The van der Waals surface area contributed by atoms with Gasteiger partial charge in [-0.3, -0.25) is 4.79 Å². The second-order valence-electron chi connectivity index (χ2n) is 6.45. The molecule has 2 fully saturated rings. The first-order valence-electron chi connectivity index (χ1n) is 12.8. The van der Waals surface area contributed by atoms with Crippen LogP contribution in [-0.2, 0) is 16.6 Å². The topological polar surface area (TPSA) is 59.0 Å². The van der Waals surface area contributed by atoms with E-state index in [-0.39, 0.29) is 24.1 Å². The molecule has 1 saturated carbocycles. The van der Waals surface area contributed by atoms with Gasteiger partial charge in [-0.2, -0.15) is 0 Å². The summed E-state index contributed by atoms with van der Waals surface area (Å²) in [6.07, 6.45) is -8.93. The van der Waals surface area contributed by atoms with Crippen molar-refractivity contribution in [3.63, 3.8) is 0 Å². The Hall–Kier alpha value is -1.59. The predicted molar refractivity (Wildman–Crippen MR) is 83.0 cm³/mol. The number of methoxy groups -OCH3 is 1. The standard InChI is InChI=1S/C18H21NO4/c1-19-8-7-17-14-10-3-4-12(22-2)15(14)23-16(17)11(20)5-6-18(17,21)13(19)9-10/h3-4,13,16,21H,5-9H2,1-2H3/t13-,16?,17+,18-/m1/s1/i2D3,3D,4D,5D2,9D2,16D,21D. The van der Waals surface area contributed by atoms with E-state index < -0.39 is 78.7 Å². The van der Waals surface area contributed by atoms with E-state index >= 15 is 0 Å². The largest absolute Gasteiger partial charge is 0.493 e. The van der Waals surface area contributed by atoms with Gasteiger partial charge in [-0.1, -0.05) is 6.04 Å². The highest BCUT2D eigenvalue weighted by Gasteiger charge is 2.72. The van der Waals surface area contributed by atoms with Gasteiger partial charge in [0, 0.05) is 23.5 Å². The molecule has 1 aromatic rings. The predicted octanol–water partition coefficient (Wildman–Crippen LogP) is 1.05. The number of hydrogen-bond acceptors (Lipinski definition) is 5. The number of carbonyl (C=O) groups excluding carboxylic acids is 1. The molecular formula is C18H21NO4. The zero-order valence-electron chi connectivity index (χ0n) is 23.3.